The SMILES string of the molecule is CN=C(NCC1CCN(c2cc(Cl)ccc2C)C1)N(C)Cc1csc(C)n1. The lowest BCUT2D eigenvalue weighted by atomic mass is 10.1. The molecule has 2 aromatic rings. The lowest BCUT2D eigenvalue weighted by molar-refractivity contribution is 0.458. The molecule has 0 radical (unpaired) electrons. The number of aromatic nitrogens is 1. The van der Waals surface area contributed by atoms with E-state index in [9.17, 15) is 0 Å². The Hall–Kier alpha value is -1.79. The van der Waals surface area contributed by atoms with Gasteiger partial charge < -0.3 is 15.1 Å². The van der Waals surface area contributed by atoms with Crippen LogP contribution in [0.15, 0.2) is 28.6 Å². The van der Waals surface area contributed by atoms with Crippen LogP contribution in [0.1, 0.15) is 22.7 Å². The zero-order valence-electron chi connectivity index (χ0n) is 16.5. The molecule has 5 nitrogen and oxygen atoms in total. The summed E-state index contributed by atoms with van der Waals surface area (Å²) in [5.74, 6) is 1.51. The van der Waals surface area contributed by atoms with Crippen molar-refractivity contribution in [2.24, 2.45) is 10.9 Å². The van der Waals surface area contributed by atoms with Crippen LogP contribution < -0.4 is 10.2 Å². The summed E-state index contributed by atoms with van der Waals surface area (Å²) in [5, 5.41) is 7.55. The summed E-state index contributed by atoms with van der Waals surface area (Å²) in [6, 6.07) is 6.13. The van der Waals surface area contributed by atoms with Crippen LogP contribution in [0, 0.1) is 19.8 Å². The van der Waals surface area contributed by atoms with Gasteiger partial charge in [0.2, 0.25) is 0 Å². The minimum absolute atomic E-state index is 0.593. The monoisotopic (exact) mass is 405 g/mol. The molecule has 1 aliphatic rings. The van der Waals surface area contributed by atoms with E-state index < -0.39 is 0 Å². The molecular weight excluding hydrogens is 378 g/mol. The van der Waals surface area contributed by atoms with E-state index in [0.29, 0.717) is 5.92 Å². The molecule has 1 saturated heterocycles. The molecule has 1 N–H and O–H groups in total. The highest BCUT2D eigenvalue weighted by atomic mass is 35.5. The first-order valence-corrected chi connectivity index (χ1v) is 10.6. The van der Waals surface area contributed by atoms with E-state index in [-0.39, 0.29) is 0 Å². The molecule has 3 rings (SSSR count). The Labute approximate surface area is 171 Å². The number of benzene rings is 1. The Morgan fingerprint density at radius 3 is 2.96 bits per heavy atom. The smallest absolute Gasteiger partial charge is 0.193 e. The number of halogens is 1. The fourth-order valence-electron chi connectivity index (χ4n) is 3.56. The van der Waals surface area contributed by atoms with E-state index in [4.69, 9.17) is 11.6 Å². The Balaban J connectivity index is 1.52. The van der Waals surface area contributed by atoms with Gasteiger partial charge in [-0.2, -0.15) is 0 Å². The van der Waals surface area contributed by atoms with Crippen LogP contribution in [0.2, 0.25) is 5.02 Å². The fourth-order valence-corrected chi connectivity index (χ4v) is 4.33. The van der Waals surface area contributed by atoms with Gasteiger partial charge in [0.05, 0.1) is 17.2 Å². The van der Waals surface area contributed by atoms with Crippen LogP contribution >= 0.6 is 22.9 Å². The lowest BCUT2D eigenvalue weighted by Gasteiger charge is -2.24. The topological polar surface area (TPSA) is 43.8 Å². The summed E-state index contributed by atoms with van der Waals surface area (Å²) in [5.41, 5.74) is 3.62. The van der Waals surface area contributed by atoms with Crippen molar-refractivity contribution in [2.45, 2.75) is 26.8 Å². The first kappa shape index (κ1) is 20.0. The summed E-state index contributed by atoms with van der Waals surface area (Å²) in [6.45, 7) is 7.98. The number of anilines is 1. The maximum Gasteiger partial charge on any atom is 0.193 e. The van der Waals surface area contributed by atoms with Gasteiger partial charge in [-0.05, 0) is 43.9 Å². The van der Waals surface area contributed by atoms with Gasteiger partial charge in [0.25, 0.3) is 0 Å². The Kier molecular flexibility index (Phi) is 6.60. The summed E-state index contributed by atoms with van der Waals surface area (Å²) in [6.07, 6.45) is 1.17. The average molecular weight is 406 g/mol. The third-order valence-electron chi connectivity index (χ3n) is 4.99. The standard InChI is InChI=1S/C20H28ClN5S/c1-14-5-6-17(21)9-19(14)26-8-7-16(11-26)10-23-20(22-3)25(4)12-18-13-27-15(2)24-18/h5-6,9,13,16H,7-8,10-12H2,1-4H3,(H,22,23). The van der Waals surface area contributed by atoms with E-state index >= 15 is 0 Å². The quantitative estimate of drug-likeness (QED) is 0.604. The molecule has 1 aliphatic heterocycles. The molecule has 146 valence electrons. The third-order valence-corrected chi connectivity index (χ3v) is 6.04. The van der Waals surface area contributed by atoms with Gasteiger partial charge in [-0.1, -0.05) is 17.7 Å². The molecule has 0 amide bonds. The third kappa shape index (κ3) is 5.14. The molecule has 27 heavy (non-hydrogen) atoms. The maximum atomic E-state index is 6.19. The zero-order valence-corrected chi connectivity index (χ0v) is 18.1. The second kappa shape index (κ2) is 8.93. The van der Waals surface area contributed by atoms with E-state index in [1.54, 1.807) is 11.3 Å². The van der Waals surface area contributed by atoms with Gasteiger partial charge in [-0.15, -0.1) is 11.3 Å². The number of nitrogens with zero attached hydrogens (tertiary/aromatic N) is 4. The highest BCUT2D eigenvalue weighted by Crippen LogP contribution is 2.29. The summed E-state index contributed by atoms with van der Waals surface area (Å²) in [4.78, 5) is 13.5. The van der Waals surface area contributed by atoms with Crippen molar-refractivity contribution in [3.05, 3.63) is 44.9 Å². The zero-order chi connectivity index (χ0) is 19.4. The summed E-state index contributed by atoms with van der Waals surface area (Å²) in [7, 11) is 3.89. The van der Waals surface area contributed by atoms with Crippen LogP contribution in [0.4, 0.5) is 5.69 Å². The van der Waals surface area contributed by atoms with Crippen molar-refractivity contribution in [1.29, 1.82) is 0 Å². The highest BCUT2D eigenvalue weighted by molar-refractivity contribution is 7.09. The predicted octanol–water partition coefficient (Wildman–Crippen LogP) is 3.95. The number of rotatable bonds is 5. The maximum absolute atomic E-state index is 6.19. The van der Waals surface area contributed by atoms with Gasteiger partial charge >= 0.3 is 0 Å². The highest BCUT2D eigenvalue weighted by Gasteiger charge is 2.24. The van der Waals surface area contributed by atoms with Crippen molar-refractivity contribution in [2.75, 3.05) is 38.6 Å². The molecular formula is C20H28ClN5S. The minimum Gasteiger partial charge on any atom is -0.371 e. The van der Waals surface area contributed by atoms with Crippen molar-refractivity contribution in [3.63, 3.8) is 0 Å². The fraction of sp³-hybridized carbons (Fsp3) is 0.500. The van der Waals surface area contributed by atoms with Gasteiger partial charge in [-0.25, -0.2) is 4.98 Å². The lowest BCUT2D eigenvalue weighted by Crippen LogP contribution is -2.41. The number of guanidine groups is 1. The number of aryl methyl sites for hydroxylation is 2. The molecule has 2 heterocycles. The van der Waals surface area contributed by atoms with E-state index in [2.05, 4.69) is 56.6 Å². The molecule has 0 spiro atoms. The molecule has 0 saturated carbocycles. The Morgan fingerprint density at radius 2 is 2.26 bits per heavy atom. The second-order valence-electron chi connectivity index (χ2n) is 7.17. The van der Waals surface area contributed by atoms with Gasteiger partial charge in [0, 0.05) is 49.8 Å². The van der Waals surface area contributed by atoms with Crippen LogP contribution in [0.5, 0.6) is 0 Å². The van der Waals surface area contributed by atoms with Crippen LogP contribution in [0.3, 0.4) is 0 Å². The van der Waals surface area contributed by atoms with Crippen molar-refractivity contribution < 1.29 is 0 Å². The van der Waals surface area contributed by atoms with Crippen molar-refractivity contribution >= 4 is 34.6 Å². The van der Waals surface area contributed by atoms with Gasteiger partial charge in [0.15, 0.2) is 5.96 Å². The molecule has 1 atom stereocenters. The van der Waals surface area contributed by atoms with E-state index in [1.165, 1.54) is 17.7 Å². The Morgan fingerprint density at radius 1 is 1.44 bits per heavy atom. The van der Waals surface area contributed by atoms with Gasteiger partial charge in [-0.3, -0.25) is 4.99 Å². The van der Waals surface area contributed by atoms with Gasteiger partial charge in [0.1, 0.15) is 0 Å². The van der Waals surface area contributed by atoms with Crippen molar-refractivity contribution in [3.8, 4) is 0 Å². The number of thiazole rings is 1. The molecule has 1 aromatic heterocycles. The summed E-state index contributed by atoms with van der Waals surface area (Å²) >= 11 is 7.88. The van der Waals surface area contributed by atoms with Crippen LogP contribution in [-0.2, 0) is 6.54 Å². The molecule has 1 unspecified atom stereocenters. The predicted molar refractivity (Wildman–Crippen MR) is 116 cm³/mol. The molecule has 0 bridgehead atoms. The van der Waals surface area contributed by atoms with E-state index in [0.717, 1.165) is 47.9 Å². The summed E-state index contributed by atoms with van der Waals surface area (Å²) < 4.78 is 0. The molecule has 1 aromatic carbocycles. The normalized spacial score (nSPS) is 17.4. The molecule has 0 aliphatic carbocycles. The Bertz CT molecular complexity index is 803. The van der Waals surface area contributed by atoms with E-state index in [1.807, 2.05) is 20.0 Å². The molecule has 1 fully saturated rings. The number of aliphatic imine (C=N–C) groups is 1. The minimum atomic E-state index is 0.593. The number of nitrogens with one attached hydrogen (secondary N) is 1. The number of hydrogen-bond acceptors (Lipinski definition) is 4. The largest absolute Gasteiger partial charge is 0.371 e. The van der Waals surface area contributed by atoms with Crippen LogP contribution in [0.25, 0.3) is 0 Å². The van der Waals surface area contributed by atoms with Crippen molar-refractivity contribution in [1.82, 2.24) is 15.2 Å². The first-order chi connectivity index (χ1) is 13.0. The second-order valence-corrected chi connectivity index (χ2v) is 8.67. The van der Waals surface area contributed by atoms with Crippen LogP contribution in [-0.4, -0.2) is 49.6 Å². The molecule has 7 heteroatoms. The number of hydrogen-bond donors (Lipinski definition) is 1. The first-order valence-electron chi connectivity index (χ1n) is 9.30. The average Bonchev–Trinajstić information content (AvgIpc) is 3.26.